The molecule has 5 heteroatoms. The predicted octanol–water partition coefficient (Wildman–Crippen LogP) is 4.32. The van der Waals surface area contributed by atoms with Crippen molar-refractivity contribution in [2.75, 3.05) is 5.73 Å². The lowest BCUT2D eigenvalue weighted by molar-refractivity contribution is 1.34. The number of hydrogen-bond acceptors (Lipinski definition) is 2. The van der Waals surface area contributed by atoms with Gasteiger partial charge in [0.05, 0.1) is 13.1 Å². The average Bonchev–Trinajstić information content (AvgIpc) is 2.83. The number of aromatic nitrogens is 2. The van der Waals surface area contributed by atoms with E-state index in [0.29, 0.717) is 0 Å². The van der Waals surface area contributed by atoms with Crippen molar-refractivity contribution in [3.8, 4) is 11.1 Å². The van der Waals surface area contributed by atoms with Crippen LogP contribution in [0.15, 0.2) is 30.5 Å². The standard InChI is InChI=1S/C17H20ClN3Si/c1-10-5-6-11(9-13(10)19)14-15-12(18)7-8-20-16(15)21-17(14)22(2,3)4/h5-9H,19H2,1-4H3,(H,20,21). The summed E-state index contributed by atoms with van der Waals surface area (Å²) < 4.78 is 0. The highest BCUT2D eigenvalue weighted by molar-refractivity contribution is 6.89. The van der Waals surface area contributed by atoms with E-state index in [0.717, 1.165) is 38.4 Å². The molecular weight excluding hydrogens is 310 g/mol. The molecule has 0 spiro atoms. The van der Waals surface area contributed by atoms with Crippen LogP contribution >= 0.6 is 11.6 Å². The second kappa shape index (κ2) is 5.14. The molecule has 2 heterocycles. The second-order valence-electron chi connectivity index (χ2n) is 6.71. The van der Waals surface area contributed by atoms with Gasteiger partial charge < -0.3 is 10.7 Å². The molecule has 0 aliphatic heterocycles. The number of aromatic amines is 1. The lowest BCUT2D eigenvalue weighted by Gasteiger charge is -2.18. The number of nitrogens with two attached hydrogens (primary N) is 1. The fourth-order valence-electron chi connectivity index (χ4n) is 2.72. The SMILES string of the molecule is Cc1ccc(-c2c([Si](C)(C)C)[nH]c3nccc(Cl)c23)cc1N. The van der Waals surface area contributed by atoms with E-state index in [1.54, 1.807) is 6.20 Å². The van der Waals surface area contributed by atoms with Crippen molar-refractivity contribution in [2.24, 2.45) is 0 Å². The molecule has 2 aromatic heterocycles. The summed E-state index contributed by atoms with van der Waals surface area (Å²) in [5, 5.41) is 2.97. The molecule has 0 fully saturated rings. The van der Waals surface area contributed by atoms with Crippen LogP contribution in [0, 0.1) is 6.92 Å². The Hall–Kier alpha value is -1.78. The summed E-state index contributed by atoms with van der Waals surface area (Å²) in [5.74, 6) is 0. The van der Waals surface area contributed by atoms with Crippen molar-refractivity contribution in [1.29, 1.82) is 0 Å². The minimum Gasteiger partial charge on any atom is -0.398 e. The second-order valence-corrected chi connectivity index (χ2v) is 12.1. The highest BCUT2D eigenvalue weighted by Gasteiger charge is 2.26. The molecule has 114 valence electrons. The lowest BCUT2D eigenvalue weighted by Crippen LogP contribution is -2.39. The topological polar surface area (TPSA) is 54.7 Å². The van der Waals surface area contributed by atoms with Crippen molar-refractivity contribution in [3.63, 3.8) is 0 Å². The van der Waals surface area contributed by atoms with Crippen LogP contribution in [0.25, 0.3) is 22.2 Å². The van der Waals surface area contributed by atoms with Gasteiger partial charge in [0.1, 0.15) is 5.65 Å². The van der Waals surface area contributed by atoms with Gasteiger partial charge in [-0.2, -0.15) is 0 Å². The van der Waals surface area contributed by atoms with E-state index >= 15 is 0 Å². The Bertz CT molecular complexity index is 862. The summed E-state index contributed by atoms with van der Waals surface area (Å²) in [6.45, 7) is 8.95. The predicted molar refractivity (Wildman–Crippen MR) is 98.7 cm³/mol. The number of hydrogen-bond donors (Lipinski definition) is 2. The van der Waals surface area contributed by atoms with Gasteiger partial charge in [0.2, 0.25) is 0 Å². The van der Waals surface area contributed by atoms with Gasteiger partial charge in [-0.1, -0.05) is 43.4 Å². The highest BCUT2D eigenvalue weighted by atomic mass is 35.5. The van der Waals surface area contributed by atoms with Crippen molar-refractivity contribution >= 4 is 41.7 Å². The summed E-state index contributed by atoms with van der Waals surface area (Å²) in [6.07, 6.45) is 1.74. The molecule has 1 aromatic carbocycles. The minimum atomic E-state index is -1.59. The number of rotatable bonds is 2. The first kappa shape index (κ1) is 15.1. The van der Waals surface area contributed by atoms with Gasteiger partial charge in [-0.25, -0.2) is 4.98 Å². The zero-order valence-electron chi connectivity index (χ0n) is 13.3. The largest absolute Gasteiger partial charge is 0.398 e. The number of aryl methyl sites for hydroxylation is 1. The zero-order chi connectivity index (χ0) is 16.1. The number of fused-ring (bicyclic) bond motifs is 1. The Morgan fingerprint density at radius 2 is 1.91 bits per heavy atom. The molecule has 3 N–H and O–H groups in total. The van der Waals surface area contributed by atoms with Crippen LogP contribution < -0.4 is 11.1 Å². The third kappa shape index (κ3) is 2.42. The van der Waals surface area contributed by atoms with E-state index in [2.05, 4.69) is 41.7 Å². The molecule has 0 atom stereocenters. The van der Waals surface area contributed by atoms with Crippen molar-refractivity contribution < 1.29 is 0 Å². The number of pyridine rings is 1. The number of halogens is 1. The number of nitrogens with zero attached hydrogens (tertiary/aromatic N) is 1. The lowest BCUT2D eigenvalue weighted by atomic mass is 10.0. The summed E-state index contributed by atoms with van der Waals surface area (Å²) in [5.41, 5.74) is 11.1. The molecule has 3 aromatic rings. The van der Waals surface area contributed by atoms with Crippen molar-refractivity contribution in [3.05, 3.63) is 41.0 Å². The smallest absolute Gasteiger partial charge is 0.139 e. The van der Waals surface area contributed by atoms with E-state index in [1.165, 1.54) is 5.32 Å². The van der Waals surface area contributed by atoms with Gasteiger partial charge in [-0.15, -0.1) is 0 Å². The van der Waals surface area contributed by atoms with Gasteiger partial charge >= 0.3 is 0 Å². The molecule has 0 aliphatic carbocycles. The van der Waals surface area contributed by atoms with Gasteiger partial charge in [0.15, 0.2) is 0 Å². The maximum atomic E-state index is 6.47. The third-order valence-electron chi connectivity index (χ3n) is 3.96. The molecule has 0 saturated carbocycles. The number of anilines is 1. The van der Waals surface area contributed by atoms with Gasteiger partial charge in [-0.3, -0.25) is 0 Å². The molecule has 3 nitrogen and oxygen atoms in total. The Morgan fingerprint density at radius 1 is 1.18 bits per heavy atom. The van der Waals surface area contributed by atoms with Crippen LogP contribution in [0.3, 0.4) is 0 Å². The van der Waals surface area contributed by atoms with E-state index in [4.69, 9.17) is 17.3 Å². The third-order valence-corrected chi connectivity index (χ3v) is 6.15. The molecule has 0 unspecified atom stereocenters. The quantitative estimate of drug-likeness (QED) is 0.543. The highest BCUT2D eigenvalue weighted by Crippen LogP contribution is 2.34. The fourth-order valence-corrected chi connectivity index (χ4v) is 4.48. The Balaban J connectivity index is 2.42. The normalized spacial score (nSPS) is 12.0. The van der Waals surface area contributed by atoms with Crippen LogP contribution in [0.2, 0.25) is 24.7 Å². The van der Waals surface area contributed by atoms with Gasteiger partial charge in [-0.05, 0) is 30.2 Å². The Kier molecular flexibility index (Phi) is 3.54. The fraction of sp³-hybridized carbons (Fsp3) is 0.235. The van der Waals surface area contributed by atoms with E-state index < -0.39 is 8.07 Å². The van der Waals surface area contributed by atoms with Crippen LogP contribution in [0.1, 0.15) is 5.56 Å². The first-order valence-corrected chi connectivity index (χ1v) is 11.2. The molecule has 0 bridgehead atoms. The van der Waals surface area contributed by atoms with Crippen LogP contribution in [-0.2, 0) is 0 Å². The van der Waals surface area contributed by atoms with Gasteiger partial charge in [0.25, 0.3) is 0 Å². The minimum absolute atomic E-state index is 0.722. The number of H-pyrrole nitrogens is 1. The zero-order valence-corrected chi connectivity index (χ0v) is 15.0. The van der Waals surface area contributed by atoms with E-state index in [9.17, 15) is 0 Å². The summed E-state index contributed by atoms with van der Waals surface area (Å²) >= 11 is 6.47. The van der Waals surface area contributed by atoms with E-state index in [1.807, 2.05) is 19.1 Å². The monoisotopic (exact) mass is 329 g/mol. The number of nitrogen functional groups attached to an aromatic ring is 1. The Labute approximate surface area is 136 Å². The molecule has 0 amide bonds. The number of benzene rings is 1. The van der Waals surface area contributed by atoms with Gasteiger partial charge in [0, 0.05) is 28.2 Å². The summed E-state index contributed by atoms with van der Waals surface area (Å²) in [4.78, 5) is 7.96. The summed E-state index contributed by atoms with van der Waals surface area (Å²) in [6, 6.07) is 8.04. The maximum absolute atomic E-state index is 6.47. The van der Waals surface area contributed by atoms with Crippen molar-refractivity contribution in [2.45, 2.75) is 26.6 Å². The molecule has 3 rings (SSSR count). The maximum Gasteiger partial charge on any atom is 0.139 e. The van der Waals surface area contributed by atoms with Crippen LogP contribution in [0.4, 0.5) is 5.69 Å². The van der Waals surface area contributed by atoms with Crippen molar-refractivity contribution in [1.82, 2.24) is 9.97 Å². The van der Waals surface area contributed by atoms with Crippen LogP contribution in [0.5, 0.6) is 0 Å². The average molecular weight is 330 g/mol. The van der Waals surface area contributed by atoms with Crippen LogP contribution in [-0.4, -0.2) is 18.0 Å². The first-order chi connectivity index (χ1) is 10.3. The van der Waals surface area contributed by atoms with E-state index in [-0.39, 0.29) is 0 Å². The first-order valence-electron chi connectivity index (χ1n) is 7.32. The molecule has 0 saturated heterocycles. The summed E-state index contributed by atoms with van der Waals surface area (Å²) in [7, 11) is -1.59. The molecular formula is C17H20ClN3Si. The Morgan fingerprint density at radius 3 is 2.55 bits per heavy atom. The molecule has 0 radical (unpaired) electrons. The number of nitrogens with one attached hydrogen (secondary N) is 1. The molecule has 0 aliphatic rings. The molecule has 22 heavy (non-hydrogen) atoms.